The van der Waals surface area contributed by atoms with E-state index >= 15 is 0 Å². The average molecular weight is 373 g/mol. The second kappa shape index (κ2) is 6.91. The fourth-order valence-corrected chi connectivity index (χ4v) is 2.47. The van der Waals surface area contributed by atoms with Gasteiger partial charge in [0.05, 0.1) is 17.3 Å². The second-order valence-electron chi connectivity index (χ2n) is 4.16. The van der Waals surface area contributed by atoms with Crippen LogP contribution in [0.2, 0.25) is 5.02 Å². The van der Waals surface area contributed by atoms with Crippen molar-refractivity contribution in [2.45, 2.75) is 6.92 Å². The van der Waals surface area contributed by atoms with Crippen LogP contribution in [0.4, 0.5) is 10.1 Å². The Hall–Kier alpha value is -1.59. The minimum Gasteiger partial charge on any atom is -0.490 e. The van der Waals surface area contributed by atoms with Gasteiger partial charge >= 0.3 is 0 Å². The summed E-state index contributed by atoms with van der Waals surface area (Å²) in [5.41, 5.74) is 0.638. The molecule has 0 aromatic heterocycles. The first-order valence-electron chi connectivity index (χ1n) is 6.20. The van der Waals surface area contributed by atoms with E-state index in [1.165, 1.54) is 12.1 Å². The number of carbonyl (C=O) groups is 1. The van der Waals surface area contributed by atoms with Crippen LogP contribution in [-0.4, -0.2) is 12.5 Å². The number of nitrogens with one attached hydrogen (secondary N) is 1. The SMILES string of the molecule is CCOc1c(Cl)cccc1NC(=O)c1cc(F)cc(Br)c1. The average Bonchev–Trinajstić information content (AvgIpc) is 2.41. The first-order valence-corrected chi connectivity index (χ1v) is 7.37. The number of hydrogen-bond acceptors (Lipinski definition) is 2. The maximum atomic E-state index is 13.3. The summed E-state index contributed by atoms with van der Waals surface area (Å²) >= 11 is 9.20. The largest absolute Gasteiger partial charge is 0.490 e. The number of amides is 1. The van der Waals surface area contributed by atoms with Gasteiger partial charge in [0.1, 0.15) is 5.82 Å². The zero-order chi connectivity index (χ0) is 15.4. The standard InChI is InChI=1S/C15H12BrClFNO2/c1-2-21-14-12(17)4-3-5-13(14)19-15(20)9-6-10(16)8-11(18)7-9/h3-8H,2H2,1H3,(H,19,20). The van der Waals surface area contributed by atoms with Crippen molar-refractivity contribution in [2.75, 3.05) is 11.9 Å². The van der Waals surface area contributed by atoms with Gasteiger partial charge in [-0.25, -0.2) is 4.39 Å². The molecule has 0 unspecified atom stereocenters. The van der Waals surface area contributed by atoms with Crippen LogP contribution in [-0.2, 0) is 0 Å². The van der Waals surface area contributed by atoms with Crippen LogP contribution in [0.25, 0.3) is 0 Å². The van der Waals surface area contributed by atoms with Crippen molar-refractivity contribution in [2.24, 2.45) is 0 Å². The number of anilines is 1. The highest BCUT2D eigenvalue weighted by Gasteiger charge is 2.13. The van der Waals surface area contributed by atoms with E-state index in [0.29, 0.717) is 27.5 Å². The molecule has 0 atom stereocenters. The number of para-hydroxylation sites is 1. The summed E-state index contributed by atoms with van der Waals surface area (Å²) in [6.45, 7) is 2.23. The third-order valence-electron chi connectivity index (χ3n) is 2.63. The summed E-state index contributed by atoms with van der Waals surface area (Å²) < 4.78 is 19.2. The van der Waals surface area contributed by atoms with Gasteiger partial charge in [-0.1, -0.05) is 33.6 Å². The van der Waals surface area contributed by atoms with Crippen molar-refractivity contribution in [3.05, 3.63) is 57.3 Å². The minimum atomic E-state index is -0.495. The van der Waals surface area contributed by atoms with Crippen molar-refractivity contribution < 1.29 is 13.9 Å². The molecule has 6 heteroatoms. The van der Waals surface area contributed by atoms with Gasteiger partial charge in [-0.3, -0.25) is 4.79 Å². The lowest BCUT2D eigenvalue weighted by Crippen LogP contribution is -2.13. The normalized spacial score (nSPS) is 10.3. The third-order valence-corrected chi connectivity index (χ3v) is 3.38. The first kappa shape index (κ1) is 15.8. The number of carbonyl (C=O) groups excluding carboxylic acids is 1. The molecule has 0 aliphatic rings. The zero-order valence-electron chi connectivity index (χ0n) is 11.1. The molecule has 0 saturated carbocycles. The number of rotatable bonds is 4. The molecule has 0 saturated heterocycles. The van der Waals surface area contributed by atoms with Gasteiger partial charge in [0, 0.05) is 10.0 Å². The lowest BCUT2D eigenvalue weighted by Gasteiger charge is -2.13. The Balaban J connectivity index is 2.29. The van der Waals surface area contributed by atoms with Crippen molar-refractivity contribution in [3.8, 4) is 5.75 Å². The van der Waals surface area contributed by atoms with Gasteiger partial charge in [0.15, 0.2) is 5.75 Å². The van der Waals surface area contributed by atoms with E-state index in [9.17, 15) is 9.18 Å². The number of ether oxygens (including phenoxy) is 1. The van der Waals surface area contributed by atoms with Gasteiger partial charge in [-0.2, -0.15) is 0 Å². The van der Waals surface area contributed by atoms with Crippen LogP contribution in [0, 0.1) is 5.82 Å². The first-order chi connectivity index (χ1) is 10.0. The number of benzene rings is 2. The maximum absolute atomic E-state index is 13.3. The summed E-state index contributed by atoms with van der Waals surface area (Å²) in [6, 6.07) is 9.00. The Morgan fingerprint density at radius 3 is 2.81 bits per heavy atom. The van der Waals surface area contributed by atoms with Crippen molar-refractivity contribution in [3.63, 3.8) is 0 Å². The fraction of sp³-hybridized carbons (Fsp3) is 0.133. The molecule has 3 nitrogen and oxygen atoms in total. The zero-order valence-corrected chi connectivity index (χ0v) is 13.5. The van der Waals surface area contributed by atoms with Crippen LogP contribution >= 0.6 is 27.5 Å². The van der Waals surface area contributed by atoms with Crippen molar-refractivity contribution in [1.82, 2.24) is 0 Å². The van der Waals surface area contributed by atoms with E-state index in [-0.39, 0.29) is 5.56 Å². The quantitative estimate of drug-likeness (QED) is 0.829. The molecule has 2 rings (SSSR count). The van der Waals surface area contributed by atoms with E-state index in [1.54, 1.807) is 18.2 Å². The molecule has 2 aromatic carbocycles. The summed E-state index contributed by atoms with van der Waals surface area (Å²) in [6.07, 6.45) is 0. The number of halogens is 3. The van der Waals surface area contributed by atoms with E-state index < -0.39 is 11.7 Å². The Bertz CT molecular complexity index is 658. The Morgan fingerprint density at radius 2 is 2.14 bits per heavy atom. The molecular weight excluding hydrogens is 361 g/mol. The Morgan fingerprint density at radius 1 is 1.38 bits per heavy atom. The Kier molecular flexibility index (Phi) is 5.20. The summed E-state index contributed by atoms with van der Waals surface area (Å²) in [5.74, 6) is -0.547. The molecule has 2 aromatic rings. The lowest BCUT2D eigenvalue weighted by molar-refractivity contribution is 0.102. The van der Waals surface area contributed by atoms with Gasteiger partial charge in [0.2, 0.25) is 0 Å². The minimum absolute atomic E-state index is 0.198. The van der Waals surface area contributed by atoms with E-state index in [1.807, 2.05) is 6.92 Å². The molecule has 0 aliphatic heterocycles. The van der Waals surface area contributed by atoms with E-state index in [2.05, 4.69) is 21.2 Å². The van der Waals surface area contributed by atoms with E-state index in [4.69, 9.17) is 16.3 Å². The summed E-state index contributed by atoms with van der Waals surface area (Å²) in [4.78, 5) is 12.2. The molecule has 1 amide bonds. The van der Waals surface area contributed by atoms with Crippen LogP contribution < -0.4 is 10.1 Å². The van der Waals surface area contributed by atoms with Crippen molar-refractivity contribution >= 4 is 39.1 Å². The predicted octanol–water partition coefficient (Wildman–Crippen LogP) is 4.89. The summed E-state index contributed by atoms with van der Waals surface area (Å²) in [7, 11) is 0. The third kappa shape index (κ3) is 3.95. The highest BCUT2D eigenvalue weighted by Crippen LogP contribution is 2.33. The molecule has 110 valence electrons. The molecular formula is C15H12BrClFNO2. The van der Waals surface area contributed by atoms with Gasteiger partial charge in [-0.05, 0) is 37.3 Å². The van der Waals surface area contributed by atoms with Gasteiger partial charge < -0.3 is 10.1 Å². The highest BCUT2D eigenvalue weighted by atomic mass is 79.9. The topological polar surface area (TPSA) is 38.3 Å². The molecule has 21 heavy (non-hydrogen) atoms. The van der Waals surface area contributed by atoms with Crippen LogP contribution in [0.5, 0.6) is 5.75 Å². The molecule has 0 bridgehead atoms. The number of hydrogen-bond donors (Lipinski definition) is 1. The molecule has 0 radical (unpaired) electrons. The molecule has 0 aliphatic carbocycles. The maximum Gasteiger partial charge on any atom is 0.255 e. The fourth-order valence-electron chi connectivity index (χ4n) is 1.78. The monoisotopic (exact) mass is 371 g/mol. The molecule has 0 spiro atoms. The van der Waals surface area contributed by atoms with Crippen molar-refractivity contribution in [1.29, 1.82) is 0 Å². The molecule has 0 heterocycles. The molecule has 1 N–H and O–H groups in total. The second-order valence-corrected chi connectivity index (χ2v) is 5.48. The Labute approximate surface area is 135 Å². The summed E-state index contributed by atoms with van der Waals surface area (Å²) in [5, 5.41) is 3.07. The highest BCUT2D eigenvalue weighted by molar-refractivity contribution is 9.10. The van der Waals surface area contributed by atoms with Crippen LogP contribution in [0.3, 0.4) is 0 Å². The van der Waals surface area contributed by atoms with Crippen LogP contribution in [0.1, 0.15) is 17.3 Å². The predicted molar refractivity (Wildman–Crippen MR) is 84.7 cm³/mol. The smallest absolute Gasteiger partial charge is 0.255 e. The van der Waals surface area contributed by atoms with Gasteiger partial charge in [-0.15, -0.1) is 0 Å². The van der Waals surface area contributed by atoms with E-state index in [0.717, 1.165) is 6.07 Å². The van der Waals surface area contributed by atoms with Gasteiger partial charge in [0.25, 0.3) is 5.91 Å². The van der Waals surface area contributed by atoms with Crippen LogP contribution in [0.15, 0.2) is 40.9 Å². The molecule has 0 fully saturated rings. The lowest BCUT2D eigenvalue weighted by atomic mass is 10.2.